The van der Waals surface area contributed by atoms with E-state index in [2.05, 4.69) is 10.0 Å². The Morgan fingerprint density at radius 1 is 0.558 bits per heavy atom. The summed E-state index contributed by atoms with van der Waals surface area (Å²) >= 11 is 0. The van der Waals surface area contributed by atoms with Gasteiger partial charge in [0.15, 0.2) is 0 Å². The van der Waals surface area contributed by atoms with Gasteiger partial charge in [0, 0.05) is 10.8 Å². The molecule has 0 amide bonds. The summed E-state index contributed by atoms with van der Waals surface area (Å²) < 4.78 is 25.8. The fourth-order valence-electron chi connectivity index (χ4n) is 5.44. The average Bonchev–Trinajstić information content (AvgIpc) is 3.06. The maximum Gasteiger partial charge on any atom is 0.111 e. The van der Waals surface area contributed by atoms with Crippen LogP contribution in [0.5, 0.6) is 0 Å². The lowest BCUT2D eigenvalue weighted by Gasteiger charge is -2.47. The lowest BCUT2D eigenvalue weighted by molar-refractivity contribution is -0.225. The smallest absolute Gasteiger partial charge is 0.111 e. The Balaban J connectivity index is 1.45. The molecule has 1 N–H and O–H groups in total. The molecule has 0 spiro atoms. The molecule has 8 heteroatoms. The standard InChI is InChI=1S/C35H37N3O5/c36-38-37-31-32(39)30(25-40-21-26-13-5-1-6-14-26)33(41-22-27-15-7-2-8-16-27)35(43-24-29-19-11-4-12-20-29)34(31)42-23-28-17-9-3-10-18-28/h1-20,30-35,39H,21-25H2/t30-,31?,32+,33-,34-,35-/m0/s1. The summed E-state index contributed by atoms with van der Waals surface area (Å²) in [5, 5.41) is 15.8. The maximum atomic E-state index is 11.7. The largest absolute Gasteiger partial charge is 0.392 e. The second-order valence-corrected chi connectivity index (χ2v) is 10.6. The second-order valence-electron chi connectivity index (χ2n) is 10.6. The summed E-state index contributed by atoms with van der Waals surface area (Å²) in [7, 11) is 0. The third-order valence-electron chi connectivity index (χ3n) is 7.66. The minimum atomic E-state index is -1.09. The molecule has 222 valence electrons. The van der Waals surface area contributed by atoms with Crippen LogP contribution in [0.2, 0.25) is 0 Å². The monoisotopic (exact) mass is 579 g/mol. The fourth-order valence-corrected chi connectivity index (χ4v) is 5.44. The normalized spacial score (nSPS) is 23.4. The first-order chi connectivity index (χ1) is 21.2. The summed E-state index contributed by atoms with van der Waals surface area (Å²) in [6.07, 6.45) is -3.16. The molecule has 6 atom stereocenters. The van der Waals surface area contributed by atoms with Crippen molar-refractivity contribution in [3.8, 4) is 0 Å². The lowest BCUT2D eigenvalue weighted by atomic mass is 9.77. The molecular formula is C35H37N3O5. The predicted molar refractivity (Wildman–Crippen MR) is 164 cm³/mol. The number of nitrogens with zero attached hydrogens (tertiary/aromatic N) is 3. The van der Waals surface area contributed by atoms with E-state index in [1.165, 1.54) is 0 Å². The van der Waals surface area contributed by atoms with Gasteiger partial charge in [0.1, 0.15) is 6.10 Å². The van der Waals surface area contributed by atoms with Crippen molar-refractivity contribution in [2.24, 2.45) is 11.0 Å². The first-order valence-electron chi connectivity index (χ1n) is 14.5. The van der Waals surface area contributed by atoms with Gasteiger partial charge < -0.3 is 24.1 Å². The molecule has 1 saturated carbocycles. The van der Waals surface area contributed by atoms with Gasteiger partial charge >= 0.3 is 0 Å². The summed E-state index contributed by atoms with van der Waals surface area (Å²) in [5.41, 5.74) is 13.5. The number of azide groups is 1. The zero-order valence-corrected chi connectivity index (χ0v) is 24.0. The molecule has 4 aromatic rings. The highest BCUT2D eigenvalue weighted by molar-refractivity contribution is 5.17. The Labute approximate surface area is 252 Å². The van der Waals surface area contributed by atoms with Crippen LogP contribution in [0, 0.1) is 5.92 Å². The first-order valence-corrected chi connectivity index (χ1v) is 14.5. The molecule has 4 aromatic carbocycles. The Bertz CT molecular complexity index is 1400. The van der Waals surface area contributed by atoms with Crippen molar-refractivity contribution in [2.75, 3.05) is 6.61 Å². The van der Waals surface area contributed by atoms with Crippen LogP contribution in [-0.2, 0) is 45.4 Å². The first kappa shape index (κ1) is 30.4. The Hall–Kier alpha value is -4.01. The van der Waals surface area contributed by atoms with E-state index in [0.29, 0.717) is 19.8 Å². The zero-order chi connectivity index (χ0) is 29.7. The fraction of sp³-hybridized carbons (Fsp3) is 0.314. The summed E-state index contributed by atoms with van der Waals surface area (Å²) in [4.78, 5) is 3.10. The van der Waals surface area contributed by atoms with Crippen LogP contribution < -0.4 is 0 Å². The van der Waals surface area contributed by atoms with Crippen LogP contribution in [0.1, 0.15) is 22.3 Å². The minimum absolute atomic E-state index is 0.170. The van der Waals surface area contributed by atoms with Gasteiger partial charge in [0.2, 0.25) is 0 Å². The molecule has 0 saturated heterocycles. The van der Waals surface area contributed by atoms with E-state index < -0.39 is 36.4 Å². The van der Waals surface area contributed by atoms with Crippen molar-refractivity contribution in [1.29, 1.82) is 0 Å². The van der Waals surface area contributed by atoms with E-state index in [9.17, 15) is 10.6 Å². The SMILES string of the molecule is [N-]=[N+]=NC1[C@H](O)[C@H](COCc2ccccc2)[C@H](OCc2ccccc2)[C@H](OCc2ccccc2)[C@H]1OCc1ccccc1. The number of hydrogen-bond donors (Lipinski definition) is 1. The molecule has 8 nitrogen and oxygen atoms in total. The van der Waals surface area contributed by atoms with Gasteiger partial charge in [-0.15, -0.1) is 0 Å². The molecule has 43 heavy (non-hydrogen) atoms. The van der Waals surface area contributed by atoms with Crippen LogP contribution in [0.4, 0.5) is 0 Å². The van der Waals surface area contributed by atoms with Crippen LogP contribution in [0.25, 0.3) is 10.4 Å². The molecule has 1 aliphatic rings. The number of hydrogen-bond acceptors (Lipinski definition) is 6. The van der Waals surface area contributed by atoms with E-state index in [4.69, 9.17) is 18.9 Å². The molecule has 0 aliphatic heterocycles. The van der Waals surface area contributed by atoms with Gasteiger partial charge in [-0.1, -0.05) is 126 Å². The van der Waals surface area contributed by atoms with Crippen LogP contribution in [0.15, 0.2) is 126 Å². The van der Waals surface area contributed by atoms with E-state index >= 15 is 0 Å². The number of ether oxygens (including phenoxy) is 4. The molecular weight excluding hydrogens is 542 g/mol. The van der Waals surface area contributed by atoms with Crippen molar-refractivity contribution in [3.63, 3.8) is 0 Å². The predicted octanol–water partition coefficient (Wildman–Crippen LogP) is 6.63. The van der Waals surface area contributed by atoms with E-state index in [-0.39, 0.29) is 13.2 Å². The molecule has 1 aliphatic carbocycles. The van der Waals surface area contributed by atoms with Crippen molar-refractivity contribution in [3.05, 3.63) is 154 Å². The number of aliphatic hydroxyl groups excluding tert-OH is 1. The molecule has 1 unspecified atom stereocenters. The molecule has 0 bridgehead atoms. The van der Waals surface area contributed by atoms with Crippen molar-refractivity contribution in [2.45, 2.75) is 56.9 Å². The van der Waals surface area contributed by atoms with Crippen LogP contribution in [0.3, 0.4) is 0 Å². The van der Waals surface area contributed by atoms with Crippen LogP contribution in [-0.4, -0.2) is 42.2 Å². The summed E-state index contributed by atoms with van der Waals surface area (Å²) in [6, 6.07) is 38.4. The zero-order valence-electron chi connectivity index (χ0n) is 24.0. The molecule has 0 radical (unpaired) electrons. The number of aliphatic hydroxyl groups is 1. The van der Waals surface area contributed by atoms with Crippen LogP contribution >= 0.6 is 0 Å². The Morgan fingerprint density at radius 2 is 0.953 bits per heavy atom. The van der Waals surface area contributed by atoms with Gasteiger partial charge in [0.05, 0.1) is 57.4 Å². The molecule has 1 fully saturated rings. The maximum absolute atomic E-state index is 11.7. The van der Waals surface area contributed by atoms with Crippen molar-refractivity contribution < 1.29 is 24.1 Å². The Morgan fingerprint density at radius 3 is 1.40 bits per heavy atom. The van der Waals surface area contributed by atoms with Crippen molar-refractivity contribution in [1.82, 2.24) is 0 Å². The minimum Gasteiger partial charge on any atom is -0.392 e. The third kappa shape index (κ3) is 8.52. The molecule has 0 aromatic heterocycles. The van der Waals surface area contributed by atoms with Gasteiger partial charge in [-0.2, -0.15) is 0 Å². The van der Waals surface area contributed by atoms with Gasteiger partial charge in [0.25, 0.3) is 0 Å². The van der Waals surface area contributed by atoms with Gasteiger partial charge in [-0.3, -0.25) is 0 Å². The lowest BCUT2D eigenvalue weighted by Crippen LogP contribution is -2.63. The van der Waals surface area contributed by atoms with Crippen molar-refractivity contribution >= 4 is 0 Å². The number of benzene rings is 4. The highest BCUT2D eigenvalue weighted by Crippen LogP contribution is 2.36. The van der Waals surface area contributed by atoms with Gasteiger partial charge in [-0.25, -0.2) is 0 Å². The van der Waals surface area contributed by atoms with E-state index in [1.807, 2.05) is 121 Å². The highest BCUT2D eigenvalue weighted by Gasteiger charge is 2.52. The van der Waals surface area contributed by atoms with E-state index in [0.717, 1.165) is 22.3 Å². The number of rotatable bonds is 14. The molecule has 5 rings (SSSR count). The average molecular weight is 580 g/mol. The highest BCUT2D eigenvalue weighted by atomic mass is 16.6. The topological polar surface area (TPSA) is 106 Å². The second kappa shape index (κ2) is 16.0. The van der Waals surface area contributed by atoms with E-state index in [1.54, 1.807) is 0 Å². The third-order valence-corrected chi connectivity index (χ3v) is 7.66. The molecule has 0 heterocycles. The summed E-state index contributed by atoms with van der Waals surface area (Å²) in [6.45, 7) is 1.38. The quantitative estimate of drug-likeness (QED) is 0.103. The Kier molecular flexibility index (Phi) is 11.3. The summed E-state index contributed by atoms with van der Waals surface area (Å²) in [5.74, 6) is -0.555. The van der Waals surface area contributed by atoms with Gasteiger partial charge in [-0.05, 0) is 27.8 Å².